The molecule has 0 spiro atoms. The molecular weight excluding hydrogens is 378 g/mol. The number of allylic oxidation sites excluding steroid dienone is 2. The molecule has 0 saturated carbocycles. The number of hydrogen-bond donors (Lipinski definition) is 2. The van der Waals surface area contributed by atoms with Gasteiger partial charge in [-0.15, -0.1) is 0 Å². The van der Waals surface area contributed by atoms with Crippen LogP contribution in [0, 0.1) is 6.92 Å². The van der Waals surface area contributed by atoms with Crippen LogP contribution in [0.4, 0.5) is 0 Å². The molecule has 1 aliphatic carbocycles. The van der Waals surface area contributed by atoms with Gasteiger partial charge >= 0.3 is 0 Å². The van der Waals surface area contributed by atoms with Gasteiger partial charge in [0.2, 0.25) is 0 Å². The Morgan fingerprint density at radius 1 is 1.20 bits per heavy atom. The molecule has 1 fully saturated rings. The highest BCUT2D eigenvalue weighted by Crippen LogP contribution is 2.46. The number of nitrogens with zero attached hydrogens (tertiary/aromatic N) is 1. The minimum absolute atomic E-state index is 0.120. The lowest BCUT2D eigenvalue weighted by molar-refractivity contribution is -0.114. The van der Waals surface area contributed by atoms with Crippen LogP contribution in [0.3, 0.4) is 0 Å². The number of Topliss-reactive ketones (excluding diaryl/α,β-unsaturated/α-hetero) is 1. The van der Waals surface area contributed by atoms with Gasteiger partial charge in [-0.2, -0.15) is 0 Å². The molecule has 6 heteroatoms. The number of carbonyl (C=O) groups excluding carboxylic acids is 1. The predicted octanol–water partition coefficient (Wildman–Crippen LogP) is 3.59. The number of H-pyrrole nitrogens is 1. The maximum absolute atomic E-state index is 12.3. The van der Waals surface area contributed by atoms with Gasteiger partial charge in [0.1, 0.15) is 0 Å². The average Bonchev–Trinajstić information content (AvgIpc) is 3.08. The molecule has 1 saturated heterocycles. The Bertz CT molecular complexity index is 1030. The Hall–Kier alpha value is -2.57. The van der Waals surface area contributed by atoms with Crippen LogP contribution < -0.4 is 15.2 Å². The van der Waals surface area contributed by atoms with Crippen LogP contribution in [0.25, 0.3) is 10.9 Å². The van der Waals surface area contributed by atoms with Crippen LogP contribution in [0.15, 0.2) is 35.9 Å². The number of ketones is 1. The highest BCUT2D eigenvalue weighted by molar-refractivity contribution is 5.95. The summed E-state index contributed by atoms with van der Waals surface area (Å²) in [6, 6.07) is 4.27. The Kier molecular flexibility index (Phi) is 5.47. The van der Waals surface area contributed by atoms with Gasteiger partial charge in [0.15, 0.2) is 17.3 Å². The lowest BCUT2D eigenvalue weighted by Crippen LogP contribution is -2.52. The summed E-state index contributed by atoms with van der Waals surface area (Å²) < 4.78 is 11.1. The maximum atomic E-state index is 12.3. The maximum Gasteiger partial charge on any atom is 0.162 e. The molecule has 6 nitrogen and oxygen atoms in total. The largest absolute Gasteiger partial charge is 0.493 e. The van der Waals surface area contributed by atoms with Gasteiger partial charge in [-0.3, -0.25) is 9.69 Å². The Morgan fingerprint density at radius 2 is 1.87 bits per heavy atom. The highest BCUT2D eigenvalue weighted by Gasteiger charge is 2.43. The van der Waals surface area contributed by atoms with Gasteiger partial charge in [-0.25, -0.2) is 0 Å². The second-order valence-electron chi connectivity index (χ2n) is 8.41. The van der Waals surface area contributed by atoms with E-state index in [1.165, 1.54) is 5.56 Å². The number of carbonyl (C=O) groups is 1. The lowest BCUT2D eigenvalue weighted by Gasteiger charge is -2.47. The number of fused-ring (bicyclic) bond motifs is 1. The predicted molar refractivity (Wildman–Crippen MR) is 119 cm³/mol. The first-order valence-corrected chi connectivity index (χ1v) is 10.5. The van der Waals surface area contributed by atoms with Crippen molar-refractivity contribution in [3.63, 3.8) is 0 Å². The van der Waals surface area contributed by atoms with Crippen LogP contribution in [-0.4, -0.2) is 49.0 Å². The number of likely N-dealkylation sites (tertiary alicyclic amines) is 1. The molecule has 160 valence electrons. The fourth-order valence-electron chi connectivity index (χ4n) is 5.03. The van der Waals surface area contributed by atoms with Gasteiger partial charge in [-0.1, -0.05) is 18.2 Å². The van der Waals surface area contributed by atoms with E-state index >= 15 is 0 Å². The first-order chi connectivity index (χ1) is 14.4. The van der Waals surface area contributed by atoms with Crippen molar-refractivity contribution in [3.05, 3.63) is 47.2 Å². The number of aromatic amines is 1. The molecule has 2 heterocycles. The molecule has 4 rings (SSSR count). The van der Waals surface area contributed by atoms with Gasteiger partial charge in [-0.05, 0) is 38.3 Å². The van der Waals surface area contributed by atoms with Gasteiger partial charge in [0.25, 0.3) is 0 Å². The van der Waals surface area contributed by atoms with E-state index in [2.05, 4.69) is 22.9 Å². The monoisotopic (exact) mass is 409 g/mol. The molecule has 30 heavy (non-hydrogen) atoms. The number of aromatic nitrogens is 1. The molecule has 2 aromatic rings. The van der Waals surface area contributed by atoms with Crippen molar-refractivity contribution in [2.24, 2.45) is 5.73 Å². The molecule has 1 aliphatic heterocycles. The van der Waals surface area contributed by atoms with Crippen molar-refractivity contribution in [1.82, 2.24) is 9.88 Å². The van der Waals surface area contributed by atoms with Crippen LogP contribution in [0.5, 0.6) is 11.5 Å². The zero-order valence-electron chi connectivity index (χ0n) is 18.2. The number of benzene rings is 1. The van der Waals surface area contributed by atoms with Crippen molar-refractivity contribution < 1.29 is 14.3 Å². The van der Waals surface area contributed by atoms with E-state index < -0.39 is 5.54 Å². The molecular formula is C24H31N3O3. The second-order valence-corrected chi connectivity index (χ2v) is 8.41. The number of piperidine rings is 1. The third-order valence-electron chi connectivity index (χ3n) is 6.61. The molecule has 1 atom stereocenters. The first kappa shape index (κ1) is 20.7. The zero-order chi connectivity index (χ0) is 21.5. The van der Waals surface area contributed by atoms with Crippen LogP contribution in [0.2, 0.25) is 0 Å². The summed E-state index contributed by atoms with van der Waals surface area (Å²) in [6.07, 6.45) is 8.79. The third kappa shape index (κ3) is 3.34. The molecule has 1 aromatic carbocycles. The minimum atomic E-state index is -0.405. The van der Waals surface area contributed by atoms with E-state index in [9.17, 15) is 4.79 Å². The zero-order valence-corrected chi connectivity index (χ0v) is 18.2. The fraction of sp³-hybridized carbons (Fsp3) is 0.458. The highest BCUT2D eigenvalue weighted by atomic mass is 16.5. The minimum Gasteiger partial charge on any atom is -0.493 e. The fourth-order valence-corrected chi connectivity index (χ4v) is 5.03. The van der Waals surface area contributed by atoms with Crippen molar-refractivity contribution >= 4 is 16.7 Å². The van der Waals surface area contributed by atoms with Crippen molar-refractivity contribution in [2.45, 2.75) is 44.7 Å². The normalized spacial score (nSPS) is 22.9. The topological polar surface area (TPSA) is 80.6 Å². The van der Waals surface area contributed by atoms with E-state index in [0.717, 1.165) is 48.1 Å². The Labute approximate surface area is 177 Å². The lowest BCUT2D eigenvalue weighted by atomic mass is 9.76. The van der Waals surface area contributed by atoms with E-state index in [1.807, 2.05) is 24.3 Å². The molecule has 0 amide bonds. The summed E-state index contributed by atoms with van der Waals surface area (Å²) in [7, 11) is 3.30. The third-order valence-corrected chi connectivity index (χ3v) is 6.61. The Balaban J connectivity index is 1.93. The van der Waals surface area contributed by atoms with Crippen LogP contribution in [-0.2, 0) is 10.3 Å². The van der Waals surface area contributed by atoms with Crippen LogP contribution in [0.1, 0.15) is 37.4 Å². The molecule has 0 bridgehead atoms. The smallest absolute Gasteiger partial charge is 0.162 e. The van der Waals surface area contributed by atoms with Gasteiger partial charge < -0.3 is 20.2 Å². The summed E-state index contributed by atoms with van der Waals surface area (Å²) in [5, 5.41) is 1.09. The SMILES string of the molecule is COc1cc2[nH]c(C)c(C3(N4CCC(N)CC4)C=CC=C(C(C)=O)C3)c2cc1OC. The van der Waals surface area contributed by atoms with E-state index in [1.54, 1.807) is 21.1 Å². The number of hydrogen-bond acceptors (Lipinski definition) is 5. The second kappa shape index (κ2) is 7.93. The quantitative estimate of drug-likeness (QED) is 0.789. The number of nitrogens with one attached hydrogen (secondary N) is 1. The number of nitrogens with two attached hydrogens (primary N) is 1. The molecule has 3 N–H and O–H groups in total. The van der Waals surface area contributed by atoms with E-state index in [4.69, 9.17) is 15.2 Å². The summed E-state index contributed by atoms with van der Waals surface area (Å²) in [4.78, 5) is 18.4. The average molecular weight is 410 g/mol. The number of aryl methyl sites for hydroxylation is 1. The molecule has 2 aliphatic rings. The van der Waals surface area contributed by atoms with E-state index in [-0.39, 0.29) is 11.8 Å². The molecule has 1 unspecified atom stereocenters. The van der Waals surface area contributed by atoms with Crippen molar-refractivity contribution in [3.8, 4) is 11.5 Å². The standard InChI is InChI=1S/C24H31N3O3/c1-15-23(19-12-21(29-3)22(30-4)13-20(19)26-15)24(27-10-7-18(25)8-11-27)9-5-6-17(14-24)16(2)28/h5-6,9,12-13,18,26H,7-8,10-11,14,25H2,1-4H3. The number of ether oxygens (including phenoxy) is 2. The molecule has 1 aromatic heterocycles. The van der Waals surface area contributed by atoms with Crippen molar-refractivity contribution in [1.29, 1.82) is 0 Å². The van der Waals surface area contributed by atoms with Gasteiger partial charge in [0, 0.05) is 53.8 Å². The van der Waals surface area contributed by atoms with Crippen molar-refractivity contribution in [2.75, 3.05) is 27.3 Å². The summed E-state index contributed by atoms with van der Waals surface area (Å²) in [5.41, 5.74) is 9.93. The number of methoxy groups -OCH3 is 2. The Morgan fingerprint density at radius 3 is 2.50 bits per heavy atom. The number of rotatable bonds is 5. The van der Waals surface area contributed by atoms with E-state index in [0.29, 0.717) is 17.9 Å². The summed E-state index contributed by atoms with van der Waals surface area (Å²) in [6.45, 7) is 5.55. The summed E-state index contributed by atoms with van der Waals surface area (Å²) >= 11 is 0. The van der Waals surface area contributed by atoms with Crippen LogP contribution >= 0.6 is 0 Å². The first-order valence-electron chi connectivity index (χ1n) is 10.5. The molecule has 0 radical (unpaired) electrons. The van der Waals surface area contributed by atoms with Gasteiger partial charge in [0.05, 0.1) is 19.8 Å². The summed E-state index contributed by atoms with van der Waals surface area (Å²) in [5.74, 6) is 1.51.